The van der Waals surface area contributed by atoms with Crippen molar-refractivity contribution >= 4 is 29.7 Å². The number of hydrogen-bond acceptors (Lipinski definition) is 3. The average Bonchev–Trinajstić information content (AvgIpc) is 2.34. The molecule has 18 heavy (non-hydrogen) atoms. The normalized spacial score (nSPS) is 9.44. The molecule has 3 nitrogen and oxygen atoms in total. The smallest absolute Gasteiger partial charge is 0.150 e. The van der Waals surface area contributed by atoms with Gasteiger partial charge in [-0.15, -0.1) is 12.4 Å². The molecule has 0 radical (unpaired) electrons. The molecule has 5 heteroatoms. The lowest BCUT2D eigenvalue weighted by Crippen LogP contribution is -1.92. The van der Waals surface area contributed by atoms with Gasteiger partial charge in [-0.25, -0.2) is 0 Å². The standard InChI is InChI=1S/C13H12ClNO2.ClH/c1-16-10-3-5-11(6-4-10)17-13-7-2-9(14)8-12(13)15;/h2-8H,15H2,1H3;1H. The number of methoxy groups -OCH3 is 1. The Labute approximate surface area is 117 Å². The zero-order valence-electron chi connectivity index (χ0n) is 9.72. The number of nitrogens with two attached hydrogens (primary N) is 1. The minimum absolute atomic E-state index is 0. The van der Waals surface area contributed by atoms with Gasteiger partial charge in [0.25, 0.3) is 0 Å². The van der Waals surface area contributed by atoms with Crippen molar-refractivity contribution in [3.63, 3.8) is 0 Å². The Morgan fingerprint density at radius 3 is 2.17 bits per heavy atom. The van der Waals surface area contributed by atoms with Crippen molar-refractivity contribution in [1.82, 2.24) is 0 Å². The molecule has 2 rings (SSSR count). The van der Waals surface area contributed by atoms with E-state index in [9.17, 15) is 0 Å². The van der Waals surface area contributed by atoms with Crippen molar-refractivity contribution in [2.45, 2.75) is 0 Å². The van der Waals surface area contributed by atoms with Crippen LogP contribution in [0.1, 0.15) is 0 Å². The second kappa shape index (κ2) is 6.38. The Bertz CT molecular complexity index is 515. The maximum Gasteiger partial charge on any atom is 0.150 e. The lowest BCUT2D eigenvalue weighted by molar-refractivity contribution is 0.413. The predicted octanol–water partition coefficient (Wildman–Crippen LogP) is 4.14. The molecule has 0 aliphatic rings. The van der Waals surface area contributed by atoms with Gasteiger partial charge in [0, 0.05) is 5.02 Å². The topological polar surface area (TPSA) is 44.5 Å². The molecule has 0 aliphatic carbocycles. The predicted molar refractivity (Wildman–Crippen MR) is 76.2 cm³/mol. The van der Waals surface area contributed by atoms with Gasteiger partial charge in [0.05, 0.1) is 12.8 Å². The van der Waals surface area contributed by atoms with Crippen LogP contribution in [-0.4, -0.2) is 7.11 Å². The van der Waals surface area contributed by atoms with Crippen LogP contribution in [0.25, 0.3) is 0 Å². The van der Waals surface area contributed by atoms with Crippen molar-refractivity contribution in [2.24, 2.45) is 0 Å². The summed E-state index contributed by atoms with van der Waals surface area (Å²) >= 11 is 5.81. The molecule has 2 aromatic rings. The van der Waals surface area contributed by atoms with Crippen LogP contribution in [0.15, 0.2) is 42.5 Å². The van der Waals surface area contributed by atoms with E-state index in [2.05, 4.69) is 0 Å². The summed E-state index contributed by atoms with van der Waals surface area (Å²) in [6.45, 7) is 0. The molecule has 0 aromatic heterocycles. The van der Waals surface area contributed by atoms with Crippen LogP contribution in [0.4, 0.5) is 5.69 Å². The van der Waals surface area contributed by atoms with E-state index in [1.165, 1.54) is 0 Å². The number of hydrogen-bond donors (Lipinski definition) is 1. The highest BCUT2D eigenvalue weighted by molar-refractivity contribution is 6.30. The molecule has 0 aliphatic heterocycles. The molecule has 0 unspecified atom stereocenters. The Kier molecular flexibility index (Phi) is 5.13. The third-order valence-electron chi connectivity index (χ3n) is 2.26. The fourth-order valence-electron chi connectivity index (χ4n) is 1.38. The molecule has 2 N–H and O–H groups in total. The summed E-state index contributed by atoms with van der Waals surface area (Å²) in [5, 5.41) is 0.588. The Balaban J connectivity index is 0.00000162. The van der Waals surface area contributed by atoms with Crippen molar-refractivity contribution in [2.75, 3.05) is 12.8 Å². The monoisotopic (exact) mass is 285 g/mol. The van der Waals surface area contributed by atoms with E-state index in [-0.39, 0.29) is 12.4 Å². The van der Waals surface area contributed by atoms with E-state index in [1.807, 2.05) is 24.3 Å². The zero-order chi connectivity index (χ0) is 12.3. The maximum absolute atomic E-state index is 5.81. The molecule has 0 spiro atoms. The minimum Gasteiger partial charge on any atom is -0.497 e. The highest BCUT2D eigenvalue weighted by Crippen LogP contribution is 2.30. The molecule has 0 heterocycles. The van der Waals surface area contributed by atoms with Crippen LogP contribution in [0.5, 0.6) is 17.2 Å². The number of benzene rings is 2. The fraction of sp³-hybridized carbons (Fsp3) is 0.0769. The van der Waals surface area contributed by atoms with Crippen LogP contribution in [0.2, 0.25) is 5.02 Å². The van der Waals surface area contributed by atoms with Crippen LogP contribution in [-0.2, 0) is 0 Å². The van der Waals surface area contributed by atoms with E-state index in [4.69, 9.17) is 26.8 Å². The number of halogens is 2. The summed E-state index contributed by atoms with van der Waals surface area (Å²) < 4.78 is 10.7. The largest absolute Gasteiger partial charge is 0.497 e. The average molecular weight is 286 g/mol. The first-order valence-corrected chi connectivity index (χ1v) is 5.44. The summed E-state index contributed by atoms with van der Waals surface area (Å²) in [6.07, 6.45) is 0. The summed E-state index contributed by atoms with van der Waals surface area (Å²) in [4.78, 5) is 0. The molecule has 0 saturated carbocycles. The molecule has 0 fully saturated rings. The first kappa shape index (κ1) is 14.5. The molecular formula is C13H13Cl2NO2. The number of rotatable bonds is 3. The first-order chi connectivity index (χ1) is 8.19. The van der Waals surface area contributed by atoms with Crippen LogP contribution in [0, 0.1) is 0 Å². The van der Waals surface area contributed by atoms with Crippen molar-refractivity contribution in [3.05, 3.63) is 47.5 Å². The van der Waals surface area contributed by atoms with E-state index in [1.54, 1.807) is 25.3 Å². The third-order valence-corrected chi connectivity index (χ3v) is 2.49. The lowest BCUT2D eigenvalue weighted by Gasteiger charge is -2.09. The van der Waals surface area contributed by atoms with Gasteiger partial charge in [-0.05, 0) is 42.5 Å². The van der Waals surface area contributed by atoms with Crippen LogP contribution in [0.3, 0.4) is 0 Å². The van der Waals surface area contributed by atoms with Gasteiger partial charge >= 0.3 is 0 Å². The van der Waals surface area contributed by atoms with Gasteiger partial charge in [0.2, 0.25) is 0 Å². The third kappa shape index (κ3) is 3.45. The molecule has 0 amide bonds. The molecule has 0 bridgehead atoms. The van der Waals surface area contributed by atoms with E-state index >= 15 is 0 Å². The van der Waals surface area contributed by atoms with E-state index in [0.29, 0.717) is 22.2 Å². The highest BCUT2D eigenvalue weighted by Gasteiger charge is 2.03. The SMILES string of the molecule is COc1ccc(Oc2ccc(Cl)cc2N)cc1.Cl. The van der Waals surface area contributed by atoms with Gasteiger partial charge < -0.3 is 15.2 Å². The lowest BCUT2D eigenvalue weighted by atomic mass is 10.3. The summed E-state index contributed by atoms with van der Waals surface area (Å²) in [5.41, 5.74) is 6.30. The Hall–Kier alpha value is -1.58. The van der Waals surface area contributed by atoms with Gasteiger partial charge in [-0.1, -0.05) is 11.6 Å². The highest BCUT2D eigenvalue weighted by atomic mass is 35.5. The first-order valence-electron chi connectivity index (χ1n) is 5.06. The van der Waals surface area contributed by atoms with Crippen molar-refractivity contribution in [1.29, 1.82) is 0 Å². The Morgan fingerprint density at radius 2 is 1.61 bits per heavy atom. The van der Waals surface area contributed by atoms with Gasteiger partial charge in [-0.3, -0.25) is 0 Å². The summed E-state index contributed by atoms with van der Waals surface area (Å²) in [6, 6.07) is 12.4. The van der Waals surface area contributed by atoms with Crippen LogP contribution >= 0.6 is 24.0 Å². The number of ether oxygens (including phenoxy) is 2. The minimum atomic E-state index is 0. The number of anilines is 1. The van der Waals surface area contributed by atoms with Gasteiger partial charge in [-0.2, -0.15) is 0 Å². The molecule has 0 atom stereocenters. The van der Waals surface area contributed by atoms with Crippen molar-refractivity contribution < 1.29 is 9.47 Å². The molecule has 2 aromatic carbocycles. The molecule has 96 valence electrons. The van der Waals surface area contributed by atoms with Gasteiger partial charge in [0.15, 0.2) is 0 Å². The van der Waals surface area contributed by atoms with Gasteiger partial charge in [0.1, 0.15) is 17.2 Å². The zero-order valence-corrected chi connectivity index (χ0v) is 11.3. The summed E-state index contributed by atoms with van der Waals surface area (Å²) in [7, 11) is 1.62. The van der Waals surface area contributed by atoms with Crippen molar-refractivity contribution in [3.8, 4) is 17.2 Å². The Morgan fingerprint density at radius 1 is 1.00 bits per heavy atom. The van der Waals surface area contributed by atoms with Crippen LogP contribution < -0.4 is 15.2 Å². The second-order valence-electron chi connectivity index (χ2n) is 3.46. The van der Waals surface area contributed by atoms with E-state index in [0.717, 1.165) is 5.75 Å². The molecular weight excluding hydrogens is 273 g/mol. The second-order valence-corrected chi connectivity index (χ2v) is 3.90. The fourth-order valence-corrected chi connectivity index (χ4v) is 1.56. The number of nitrogen functional groups attached to an aromatic ring is 1. The maximum atomic E-state index is 5.81. The van der Waals surface area contributed by atoms with E-state index < -0.39 is 0 Å². The summed E-state index contributed by atoms with van der Waals surface area (Å²) in [5.74, 6) is 2.06. The molecule has 0 saturated heterocycles. The quantitative estimate of drug-likeness (QED) is 0.862.